The monoisotopic (exact) mass is 350 g/mol. The number of halogens is 1. The van der Waals surface area contributed by atoms with Crippen molar-refractivity contribution >= 4 is 29.2 Å². The molecule has 5 nitrogen and oxygen atoms in total. The highest BCUT2D eigenvalue weighted by molar-refractivity contribution is 6.30. The first-order valence-corrected chi connectivity index (χ1v) is 8.27. The topological polar surface area (TPSA) is 62.4 Å². The number of esters is 1. The molecule has 0 radical (unpaired) electrons. The third-order valence-electron chi connectivity index (χ3n) is 3.10. The number of rotatable bonds is 5. The first-order chi connectivity index (χ1) is 11.5. The fourth-order valence-corrected chi connectivity index (χ4v) is 2.17. The number of nitrogens with one attached hydrogen (secondary N) is 1. The van der Waals surface area contributed by atoms with E-state index in [0.717, 1.165) is 11.3 Å². The van der Waals surface area contributed by atoms with Gasteiger partial charge in [0.15, 0.2) is 0 Å². The van der Waals surface area contributed by atoms with E-state index >= 15 is 0 Å². The molecule has 0 fully saturated rings. The number of amides is 1. The Kier molecular flexibility index (Phi) is 8.06. The second-order valence-corrected chi connectivity index (χ2v) is 5.16. The van der Waals surface area contributed by atoms with Gasteiger partial charge in [-0.3, -0.25) is 4.79 Å². The van der Waals surface area contributed by atoms with E-state index in [4.69, 9.17) is 16.3 Å². The summed E-state index contributed by atoms with van der Waals surface area (Å²) < 4.78 is 4.93. The van der Waals surface area contributed by atoms with Crippen LogP contribution >= 0.6 is 11.6 Å². The second-order valence-electron chi connectivity index (χ2n) is 4.72. The molecule has 2 aromatic rings. The van der Waals surface area contributed by atoms with Crippen molar-refractivity contribution < 1.29 is 14.3 Å². The molecule has 2 rings (SSSR count). The molecule has 0 atom stereocenters. The molecule has 6 heteroatoms. The maximum absolute atomic E-state index is 11.9. The fraction of sp³-hybridized carbons (Fsp3) is 0.333. The Morgan fingerprint density at radius 1 is 1.21 bits per heavy atom. The highest BCUT2D eigenvalue weighted by Gasteiger charge is 2.15. The van der Waals surface area contributed by atoms with E-state index in [1.165, 1.54) is 6.92 Å². The zero-order chi connectivity index (χ0) is 18.1. The molecule has 1 aromatic heterocycles. The van der Waals surface area contributed by atoms with Crippen LogP contribution in [0.4, 0.5) is 5.69 Å². The van der Waals surface area contributed by atoms with E-state index in [0.29, 0.717) is 23.9 Å². The van der Waals surface area contributed by atoms with Crippen molar-refractivity contribution in [1.82, 2.24) is 4.98 Å². The lowest BCUT2D eigenvalue weighted by Crippen LogP contribution is -2.27. The maximum atomic E-state index is 11.9. The van der Waals surface area contributed by atoms with Crippen LogP contribution in [0, 0.1) is 0 Å². The van der Waals surface area contributed by atoms with Crippen molar-refractivity contribution in [3.05, 3.63) is 52.8 Å². The molecule has 0 aliphatic rings. The van der Waals surface area contributed by atoms with Crippen LogP contribution in [0.25, 0.3) is 0 Å². The van der Waals surface area contributed by atoms with Crippen molar-refractivity contribution in [3.8, 4) is 0 Å². The average Bonchev–Trinajstić information content (AvgIpc) is 3.04. The maximum Gasteiger partial charge on any atom is 0.354 e. The molecule has 0 aliphatic heterocycles. The van der Waals surface area contributed by atoms with Gasteiger partial charge in [0.25, 0.3) is 0 Å². The molecule has 0 unspecified atom stereocenters. The first-order valence-electron chi connectivity index (χ1n) is 7.89. The van der Waals surface area contributed by atoms with Crippen molar-refractivity contribution in [3.63, 3.8) is 0 Å². The molecular formula is C18H23ClN2O3. The fourth-order valence-electron chi connectivity index (χ4n) is 2.05. The minimum Gasteiger partial charge on any atom is -0.461 e. The smallest absolute Gasteiger partial charge is 0.354 e. The van der Waals surface area contributed by atoms with E-state index in [-0.39, 0.29) is 5.91 Å². The van der Waals surface area contributed by atoms with Crippen LogP contribution in [0.3, 0.4) is 0 Å². The van der Waals surface area contributed by atoms with Crippen LogP contribution in [-0.2, 0) is 16.1 Å². The van der Waals surface area contributed by atoms with Crippen LogP contribution in [0.2, 0.25) is 5.02 Å². The Morgan fingerprint density at radius 2 is 1.83 bits per heavy atom. The number of H-pyrrole nitrogens is 1. The summed E-state index contributed by atoms with van der Waals surface area (Å²) in [5.74, 6) is -0.504. The van der Waals surface area contributed by atoms with Crippen LogP contribution in [-0.4, -0.2) is 23.5 Å². The minimum absolute atomic E-state index is 0.0961. The van der Waals surface area contributed by atoms with Gasteiger partial charge in [-0.25, -0.2) is 4.79 Å². The molecule has 1 amide bonds. The molecule has 1 heterocycles. The molecule has 1 aromatic carbocycles. The normalized spacial score (nSPS) is 9.71. The zero-order valence-electron chi connectivity index (χ0n) is 14.4. The van der Waals surface area contributed by atoms with Gasteiger partial charge in [-0.15, -0.1) is 0 Å². The number of ether oxygens (including phenoxy) is 1. The number of carbonyl (C=O) groups excluding carboxylic acids is 2. The van der Waals surface area contributed by atoms with Gasteiger partial charge in [-0.05, 0) is 42.8 Å². The Morgan fingerprint density at radius 3 is 2.38 bits per heavy atom. The second kappa shape index (κ2) is 9.78. The summed E-state index contributed by atoms with van der Waals surface area (Å²) >= 11 is 5.86. The summed E-state index contributed by atoms with van der Waals surface area (Å²) in [7, 11) is 0. The van der Waals surface area contributed by atoms with Gasteiger partial charge in [0.1, 0.15) is 5.69 Å². The molecule has 0 spiro atoms. The van der Waals surface area contributed by atoms with E-state index in [9.17, 15) is 9.59 Å². The van der Waals surface area contributed by atoms with Crippen molar-refractivity contribution in [2.24, 2.45) is 0 Å². The van der Waals surface area contributed by atoms with Crippen LogP contribution in [0.15, 0.2) is 36.5 Å². The Hall–Kier alpha value is -2.27. The number of nitrogens with zero attached hydrogens (tertiary/aromatic N) is 1. The van der Waals surface area contributed by atoms with E-state index < -0.39 is 5.97 Å². The van der Waals surface area contributed by atoms with Crippen LogP contribution in [0.1, 0.15) is 43.7 Å². The molecule has 24 heavy (non-hydrogen) atoms. The predicted molar refractivity (Wildman–Crippen MR) is 96.4 cm³/mol. The molecule has 130 valence electrons. The third-order valence-corrected chi connectivity index (χ3v) is 3.35. The summed E-state index contributed by atoms with van der Waals surface area (Å²) in [5.41, 5.74) is 1.93. The van der Waals surface area contributed by atoms with E-state index in [1.807, 2.05) is 13.8 Å². The Labute approximate surface area is 147 Å². The minimum atomic E-state index is -0.408. The third kappa shape index (κ3) is 5.42. The predicted octanol–water partition coefficient (Wildman–Crippen LogP) is 4.42. The summed E-state index contributed by atoms with van der Waals surface area (Å²) in [6.45, 7) is 7.91. The number of hydrogen-bond acceptors (Lipinski definition) is 3. The number of aromatic nitrogens is 1. The lowest BCUT2D eigenvalue weighted by atomic mass is 10.2. The Bertz CT molecular complexity index is 665. The molecule has 0 bridgehead atoms. The average molecular weight is 351 g/mol. The lowest BCUT2D eigenvalue weighted by molar-refractivity contribution is -0.116. The molecule has 0 saturated carbocycles. The molecule has 0 saturated heterocycles. The van der Waals surface area contributed by atoms with Gasteiger partial charge in [0.05, 0.1) is 13.2 Å². The highest BCUT2D eigenvalue weighted by atomic mass is 35.5. The van der Waals surface area contributed by atoms with Gasteiger partial charge in [0.2, 0.25) is 5.91 Å². The number of benzene rings is 1. The van der Waals surface area contributed by atoms with Crippen molar-refractivity contribution in [1.29, 1.82) is 0 Å². The molecular weight excluding hydrogens is 328 g/mol. The van der Waals surface area contributed by atoms with Crippen LogP contribution < -0.4 is 4.90 Å². The van der Waals surface area contributed by atoms with E-state index in [1.54, 1.807) is 48.4 Å². The van der Waals surface area contributed by atoms with Crippen molar-refractivity contribution in [2.75, 3.05) is 11.5 Å². The lowest BCUT2D eigenvalue weighted by Gasteiger charge is -2.20. The van der Waals surface area contributed by atoms with Crippen molar-refractivity contribution in [2.45, 2.75) is 34.2 Å². The van der Waals surface area contributed by atoms with Gasteiger partial charge in [-0.2, -0.15) is 0 Å². The number of hydrogen-bond donors (Lipinski definition) is 1. The van der Waals surface area contributed by atoms with Gasteiger partial charge in [-0.1, -0.05) is 25.4 Å². The summed E-state index contributed by atoms with van der Waals surface area (Å²) in [6, 6.07) is 8.71. The van der Waals surface area contributed by atoms with Gasteiger partial charge < -0.3 is 14.6 Å². The zero-order valence-corrected chi connectivity index (χ0v) is 15.2. The quantitative estimate of drug-likeness (QED) is 0.811. The largest absolute Gasteiger partial charge is 0.461 e. The summed E-state index contributed by atoms with van der Waals surface area (Å²) in [6.07, 6.45) is 1.69. The SMILES string of the molecule is CC.CCOC(=O)c1cc(CN(C(C)=O)c2ccc(Cl)cc2)c[nH]1. The van der Waals surface area contributed by atoms with Crippen LogP contribution in [0.5, 0.6) is 0 Å². The number of anilines is 1. The number of carbonyl (C=O) groups is 2. The van der Waals surface area contributed by atoms with Gasteiger partial charge in [0, 0.05) is 23.8 Å². The standard InChI is InChI=1S/C16H17ClN2O3.C2H6/c1-3-22-16(21)15-8-12(9-18-15)10-19(11(2)20)14-6-4-13(17)5-7-14;1-2/h4-9,18H,3,10H2,1-2H3;1-2H3. The first kappa shape index (κ1) is 19.8. The molecule has 1 N–H and O–H groups in total. The molecule has 0 aliphatic carbocycles. The van der Waals surface area contributed by atoms with Gasteiger partial charge >= 0.3 is 5.97 Å². The summed E-state index contributed by atoms with van der Waals surface area (Å²) in [4.78, 5) is 28.0. The Balaban J connectivity index is 0.00000139. The number of aromatic amines is 1. The highest BCUT2D eigenvalue weighted by Crippen LogP contribution is 2.20. The van der Waals surface area contributed by atoms with E-state index in [2.05, 4.69) is 4.98 Å². The summed E-state index contributed by atoms with van der Waals surface area (Å²) in [5, 5.41) is 0.610.